The molecule has 134 valence electrons. The van der Waals surface area contributed by atoms with Crippen LogP contribution in [0.4, 0.5) is 5.69 Å². The Morgan fingerprint density at radius 3 is 2.38 bits per heavy atom. The summed E-state index contributed by atoms with van der Waals surface area (Å²) < 4.78 is 0. The number of carbonyl (C=O) groups excluding carboxylic acids is 2. The number of hydrogen-bond acceptors (Lipinski definition) is 3. The van der Waals surface area contributed by atoms with E-state index in [2.05, 4.69) is 10.6 Å². The lowest BCUT2D eigenvalue weighted by Gasteiger charge is -2.09. The van der Waals surface area contributed by atoms with E-state index >= 15 is 0 Å². The smallest absolute Gasteiger partial charge is 0.335 e. The third-order valence-electron chi connectivity index (χ3n) is 4.49. The second-order valence-corrected chi connectivity index (χ2v) is 6.57. The maximum Gasteiger partial charge on any atom is 0.335 e. The highest BCUT2D eigenvalue weighted by Gasteiger charge is 2.39. The molecule has 0 heterocycles. The van der Waals surface area contributed by atoms with Gasteiger partial charge in [-0.25, -0.2) is 4.79 Å². The summed E-state index contributed by atoms with van der Waals surface area (Å²) in [4.78, 5) is 35.1. The van der Waals surface area contributed by atoms with E-state index in [4.69, 9.17) is 5.11 Å². The minimum Gasteiger partial charge on any atom is -0.478 e. The Kier molecular flexibility index (Phi) is 5.02. The summed E-state index contributed by atoms with van der Waals surface area (Å²) in [5.74, 6) is -0.757. The van der Waals surface area contributed by atoms with E-state index in [1.165, 1.54) is 12.1 Å². The summed E-state index contributed by atoms with van der Waals surface area (Å²) in [5.41, 5.74) is 2.06. The standard InChI is InChI=1S/C20H20N2O4/c1-12-9-17(12)19(24)22-16-4-2-3-15(10-16)18(23)21-11-13-5-7-14(8-6-13)20(25)26/h2-8,10,12,17H,9,11H2,1H3,(H,21,23)(H,22,24)(H,25,26). The molecule has 1 aliphatic rings. The SMILES string of the molecule is CC1CC1C(=O)Nc1cccc(C(=O)NCc2ccc(C(=O)O)cc2)c1. The third-order valence-corrected chi connectivity index (χ3v) is 4.49. The summed E-state index contributed by atoms with van der Waals surface area (Å²) in [7, 11) is 0. The minimum absolute atomic E-state index is 0.00595. The first-order chi connectivity index (χ1) is 12.4. The largest absolute Gasteiger partial charge is 0.478 e. The minimum atomic E-state index is -0.986. The summed E-state index contributed by atoms with van der Waals surface area (Å²) in [6.07, 6.45) is 0.909. The average molecular weight is 352 g/mol. The first-order valence-electron chi connectivity index (χ1n) is 8.45. The van der Waals surface area contributed by atoms with E-state index in [-0.39, 0.29) is 29.8 Å². The number of hydrogen-bond donors (Lipinski definition) is 3. The molecule has 0 radical (unpaired) electrons. The van der Waals surface area contributed by atoms with Gasteiger partial charge in [-0.15, -0.1) is 0 Å². The summed E-state index contributed by atoms with van der Waals surface area (Å²) in [6.45, 7) is 2.33. The Morgan fingerprint density at radius 1 is 1.08 bits per heavy atom. The van der Waals surface area contributed by atoms with Gasteiger partial charge in [-0.1, -0.05) is 25.1 Å². The van der Waals surface area contributed by atoms with Gasteiger partial charge in [0.25, 0.3) is 5.91 Å². The fourth-order valence-corrected chi connectivity index (χ4v) is 2.71. The molecule has 2 aromatic rings. The van der Waals surface area contributed by atoms with Crippen molar-refractivity contribution in [1.82, 2.24) is 5.32 Å². The highest BCUT2D eigenvalue weighted by Crippen LogP contribution is 2.38. The van der Waals surface area contributed by atoms with Crippen molar-refractivity contribution in [1.29, 1.82) is 0 Å². The van der Waals surface area contributed by atoms with Crippen molar-refractivity contribution < 1.29 is 19.5 Å². The summed E-state index contributed by atoms with van der Waals surface area (Å²) in [6, 6.07) is 13.1. The summed E-state index contributed by atoms with van der Waals surface area (Å²) >= 11 is 0. The Balaban J connectivity index is 1.58. The Morgan fingerprint density at radius 2 is 1.77 bits per heavy atom. The zero-order valence-electron chi connectivity index (χ0n) is 14.4. The lowest BCUT2D eigenvalue weighted by atomic mass is 10.1. The zero-order chi connectivity index (χ0) is 18.7. The molecule has 2 atom stereocenters. The topological polar surface area (TPSA) is 95.5 Å². The van der Waals surface area contributed by atoms with E-state index in [1.807, 2.05) is 6.92 Å². The Hall–Kier alpha value is -3.15. The number of aromatic carboxylic acids is 1. The molecule has 6 nitrogen and oxygen atoms in total. The van der Waals surface area contributed by atoms with Crippen LogP contribution in [0.5, 0.6) is 0 Å². The molecule has 0 aromatic heterocycles. The third kappa shape index (κ3) is 4.27. The number of anilines is 1. The van der Waals surface area contributed by atoms with Crippen LogP contribution in [0, 0.1) is 11.8 Å². The molecule has 2 unspecified atom stereocenters. The van der Waals surface area contributed by atoms with Crippen molar-refractivity contribution in [2.75, 3.05) is 5.32 Å². The molecule has 3 N–H and O–H groups in total. The Labute approximate surface area is 151 Å². The van der Waals surface area contributed by atoms with Gasteiger partial charge in [-0.2, -0.15) is 0 Å². The van der Waals surface area contributed by atoms with Gasteiger partial charge in [0, 0.05) is 23.7 Å². The molecule has 3 rings (SSSR count). The second kappa shape index (κ2) is 7.39. The van der Waals surface area contributed by atoms with Crippen molar-refractivity contribution in [3.63, 3.8) is 0 Å². The number of carboxylic acid groups (broad SMARTS) is 1. The predicted molar refractivity (Wildman–Crippen MR) is 96.9 cm³/mol. The molecule has 2 amide bonds. The van der Waals surface area contributed by atoms with Crippen molar-refractivity contribution in [2.45, 2.75) is 19.9 Å². The molecular formula is C20H20N2O4. The monoisotopic (exact) mass is 352 g/mol. The molecule has 6 heteroatoms. The lowest BCUT2D eigenvalue weighted by Crippen LogP contribution is -2.23. The average Bonchev–Trinajstić information content (AvgIpc) is 3.37. The normalized spacial score (nSPS) is 18.0. The molecule has 0 aliphatic heterocycles. The van der Waals surface area contributed by atoms with Crippen LogP contribution in [-0.2, 0) is 11.3 Å². The van der Waals surface area contributed by atoms with Crippen LogP contribution in [0.2, 0.25) is 0 Å². The number of rotatable bonds is 6. The fraction of sp³-hybridized carbons (Fsp3) is 0.250. The zero-order valence-corrected chi connectivity index (χ0v) is 14.4. The van der Waals surface area contributed by atoms with Crippen LogP contribution in [0.15, 0.2) is 48.5 Å². The van der Waals surface area contributed by atoms with Crippen molar-refractivity contribution in [3.8, 4) is 0 Å². The van der Waals surface area contributed by atoms with Gasteiger partial charge < -0.3 is 15.7 Å². The lowest BCUT2D eigenvalue weighted by molar-refractivity contribution is -0.117. The van der Waals surface area contributed by atoms with Crippen LogP contribution < -0.4 is 10.6 Å². The van der Waals surface area contributed by atoms with Gasteiger partial charge in [0.05, 0.1) is 5.56 Å². The van der Waals surface area contributed by atoms with Gasteiger partial charge >= 0.3 is 5.97 Å². The van der Waals surface area contributed by atoms with Gasteiger partial charge in [0.15, 0.2) is 0 Å². The van der Waals surface area contributed by atoms with Crippen LogP contribution in [0.1, 0.15) is 39.6 Å². The first-order valence-corrected chi connectivity index (χ1v) is 8.45. The second-order valence-electron chi connectivity index (χ2n) is 6.57. The predicted octanol–water partition coefficient (Wildman–Crippen LogP) is 2.91. The first kappa shape index (κ1) is 17.7. The number of benzene rings is 2. The van der Waals surface area contributed by atoms with Crippen molar-refractivity contribution in [2.24, 2.45) is 11.8 Å². The van der Waals surface area contributed by atoms with Crippen LogP contribution in [-0.4, -0.2) is 22.9 Å². The number of carbonyl (C=O) groups is 3. The van der Waals surface area contributed by atoms with E-state index in [0.717, 1.165) is 12.0 Å². The Bertz CT molecular complexity index is 845. The van der Waals surface area contributed by atoms with Crippen molar-refractivity contribution >= 4 is 23.5 Å². The van der Waals surface area contributed by atoms with E-state index in [9.17, 15) is 14.4 Å². The molecule has 1 saturated carbocycles. The molecule has 26 heavy (non-hydrogen) atoms. The van der Waals surface area contributed by atoms with E-state index in [0.29, 0.717) is 17.2 Å². The highest BCUT2D eigenvalue weighted by atomic mass is 16.4. The van der Waals surface area contributed by atoms with Gasteiger partial charge in [0.1, 0.15) is 0 Å². The molecular weight excluding hydrogens is 332 g/mol. The van der Waals surface area contributed by atoms with Gasteiger partial charge in [-0.3, -0.25) is 9.59 Å². The molecule has 1 fully saturated rings. The van der Waals surface area contributed by atoms with Crippen molar-refractivity contribution in [3.05, 3.63) is 65.2 Å². The van der Waals surface area contributed by atoms with E-state index in [1.54, 1.807) is 36.4 Å². The molecule has 0 bridgehead atoms. The van der Waals surface area contributed by atoms with Gasteiger partial charge in [0.2, 0.25) is 5.91 Å². The van der Waals surface area contributed by atoms with E-state index < -0.39 is 5.97 Å². The highest BCUT2D eigenvalue weighted by molar-refractivity contribution is 5.98. The quantitative estimate of drug-likeness (QED) is 0.745. The van der Waals surface area contributed by atoms with Gasteiger partial charge in [-0.05, 0) is 48.2 Å². The number of nitrogens with one attached hydrogen (secondary N) is 2. The van der Waals surface area contributed by atoms with Crippen LogP contribution in [0.25, 0.3) is 0 Å². The van der Waals surface area contributed by atoms with Crippen LogP contribution in [0.3, 0.4) is 0 Å². The molecule has 1 aliphatic carbocycles. The van der Waals surface area contributed by atoms with Crippen LogP contribution >= 0.6 is 0 Å². The maximum absolute atomic E-state index is 12.3. The summed E-state index contributed by atoms with van der Waals surface area (Å²) in [5, 5.41) is 14.5. The molecule has 0 saturated heterocycles. The fourth-order valence-electron chi connectivity index (χ4n) is 2.71. The molecule has 0 spiro atoms. The molecule has 2 aromatic carbocycles. The maximum atomic E-state index is 12.3. The number of carboxylic acids is 1. The number of amides is 2.